The first-order chi connectivity index (χ1) is 29.1. The van der Waals surface area contributed by atoms with Gasteiger partial charge in [-0.3, -0.25) is 23.4 Å². The van der Waals surface area contributed by atoms with Crippen LogP contribution in [0, 0.1) is 0 Å². The first-order valence-electron chi connectivity index (χ1n) is 23.0. The molecule has 60 heavy (non-hydrogen) atoms. The van der Waals surface area contributed by atoms with E-state index in [0.717, 1.165) is 57.8 Å². The molecule has 0 heterocycles. The molecule has 0 aromatic heterocycles. The van der Waals surface area contributed by atoms with E-state index in [1.807, 2.05) is 12.2 Å². The molecule has 344 valence electrons. The molecule has 0 rings (SSSR count). The summed E-state index contributed by atoms with van der Waals surface area (Å²) < 4.78 is 32.7. The maximum Gasteiger partial charge on any atom is 0.472 e. The molecule has 0 radical (unpaired) electrons. The van der Waals surface area contributed by atoms with Crippen molar-refractivity contribution in [2.45, 2.75) is 193 Å². The number of carbonyl (C=O) groups excluding carboxylic acids is 2. The van der Waals surface area contributed by atoms with E-state index in [1.54, 1.807) is 0 Å². The Bertz CT molecular complexity index is 1290. The molecule has 4 N–H and O–H groups in total. The van der Waals surface area contributed by atoms with Crippen molar-refractivity contribution in [2.24, 2.45) is 5.73 Å². The number of esters is 2. The van der Waals surface area contributed by atoms with Crippen molar-refractivity contribution in [3.63, 3.8) is 0 Å². The Morgan fingerprint density at radius 2 is 0.900 bits per heavy atom. The number of allylic oxidation sites excluding steroid dienone is 12. The van der Waals surface area contributed by atoms with Gasteiger partial charge in [0.2, 0.25) is 0 Å². The minimum atomic E-state index is -4.74. The number of phosphoric ester groups is 1. The van der Waals surface area contributed by atoms with Gasteiger partial charge in [0, 0.05) is 12.8 Å². The van der Waals surface area contributed by atoms with E-state index in [1.165, 1.54) is 77.0 Å². The Labute approximate surface area is 363 Å². The smallest absolute Gasteiger partial charge is 0.472 e. The highest BCUT2D eigenvalue weighted by molar-refractivity contribution is 7.47. The Hall–Kier alpha value is -3.08. The summed E-state index contributed by atoms with van der Waals surface area (Å²) in [5.41, 5.74) is 5.33. The van der Waals surface area contributed by atoms with E-state index in [0.29, 0.717) is 19.3 Å². The second kappa shape index (κ2) is 42.6. The van der Waals surface area contributed by atoms with E-state index in [2.05, 4.69) is 79.1 Å². The number of phosphoric acid groups is 1. The molecule has 1 unspecified atom stereocenters. The van der Waals surface area contributed by atoms with Gasteiger partial charge in [0.15, 0.2) is 6.10 Å². The number of aliphatic carboxylic acids is 1. The average Bonchev–Trinajstić information content (AvgIpc) is 3.22. The van der Waals surface area contributed by atoms with Crippen LogP contribution < -0.4 is 5.73 Å². The van der Waals surface area contributed by atoms with Crippen LogP contribution in [0.5, 0.6) is 0 Å². The molecule has 0 bridgehead atoms. The van der Waals surface area contributed by atoms with Crippen LogP contribution in [0.1, 0.15) is 181 Å². The minimum absolute atomic E-state index is 0.0813. The maximum atomic E-state index is 12.6. The van der Waals surface area contributed by atoms with Gasteiger partial charge in [-0.2, -0.15) is 0 Å². The number of rotatable bonds is 42. The molecule has 0 saturated carbocycles. The maximum absolute atomic E-state index is 12.6. The summed E-state index contributed by atoms with van der Waals surface area (Å²) >= 11 is 0. The number of carbonyl (C=O) groups is 3. The van der Waals surface area contributed by atoms with Crippen molar-refractivity contribution in [1.29, 1.82) is 0 Å². The second-order valence-electron chi connectivity index (χ2n) is 15.2. The zero-order chi connectivity index (χ0) is 44.2. The zero-order valence-electron chi connectivity index (χ0n) is 37.3. The highest BCUT2D eigenvalue weighted by atomic mass is 31.2. The standard InChI is InChI=1S/C48H82NO10P/c1-3-5-7-9-11-13-15-17-19-21-22-24-25-27-29-31-33-35-37-39-46(50)56-41-44(42-57-60(54,55)58-43-45(49)48(52)53)59-47(51)40-38-36-34-32-30-28-26-23-20-18-16-14-12-10-8-6-4-2/h11-14,17-20,26,28,32,34,44-45H,3-10,15-16,21-25,27,29-31,33,35-43,49H2,1-2H3,(H,52,53)(H,54,55)/b13-11+,14-12+,19-17+,20-18+,28-26+,34-32+/t44-,45+/m1/s1. The Morgan fingerprint density at radius 1 is 0.517 bits per heavy atom. The fourth-order valence-corrected chi connectivity index (χ4v) is 6.57. The van der Waals surface area contributed by atoms with Crippen LogP contribution in [0.4, 0.5) is 0 Å². The van der Waals surface area contributed by atoms with Gasteiger partial charge in [0.1, 0.15) is 12.6 Å². The lowest BCUT2D eigenvalue weighted by Gasteiger charge is -2.20. The number of ether oxygens (including phenoxy) is 2. The predicted molar refractivity (Wildman–Crippen MR) is 244 cm³/mol. The van der Waals surface area contributed by atoms with Gasteiger partial charge >= 0.3 is 25.7 Å². The first-order valence-corrected chi connectivity index (χ1v) is 24.5. The van der Waals surface area contributed by atoms with Crippen molar-refractivity contribution in [3.8, 4) is 0 Å². The van der Waals surface area contributed by atoms with Crippen LogP contribution in [0.3, 0.4) is 0 Å². The van der Waals surface area contributed by atoms with Crippen LogP contribution in [-0.4, -0.2) is 59.9 Å². The molecule has 0 aliphatic heterocycles. The highest BCUT2D eigenvalue weighted by Gasteiger charge is 2.28. The van der Waals surface area contributed by atoms with Gasteiger partial charge in [0.25, 0.3) is 0 Å². The minimum Gasteiger partial charge on any atom is -0.480 e. The average molecular weight is 864 g/mol. The number of nitrogens with two attached hydrogens (primary N) is 1. The van der Waals surface area contributed by atoms with Crippen LogP contribution in [0.25, 0.3) is 0 Å². The van der Waals surface area contributed by atoms with Crippen molar-refractivity contribution in [2.75, 3.05) is 19.8 Å². The molecule has 0 aromatic rings. The van der Waals surface area contributed by atoms with Crippen molar-refractivity contribution in [3.05, 3.63) is 72.9 Å². The van der Waals surface area contributed by atoms with E-state index in [-0.39, 0.29) is 19.4 Å². The van der Waals surface area contributed by atoms with Crippen molar-refractivity contribution < 1.29 is 47.5 Å². The van der Waals surface area contributed by atoms with E-state index in [9.17, 15) is 23.8 Å². The largest absolute Gasteiger partial charge is 0.480 e. The van der Waals surface area contributed by atoms with Gasteiger partial charge < -0.3 is 25.2 Å². The van der Waals surface area contributed by atoms with Gasteiger partial charge in [-0.05, 0) is 83.5 Å². The zero-order valence-corrected chi connectivity index (χ0v) is 38.2. The molecule has 0 aliphatic carbocycles. The second-order valence-corrected chi connectivity index (χ2v) is 16.6. The fraction of sp³-hybridized carbons (Fsp3) is 0.688. The van der Waals surface area contributed by atoms with Gasteiger partial charge in [-0.1, -0.05) is 157 Å². The van der Waals surface area contributed by atoms with E-state index < -0.39 is 51.1 Å². The molecule has 0 aliphatic rings. The Balaban J connectivity index is 4.42. The molecule has 0 fully saturated rings. The van der Waals surface area contributed by atoms with Crippen molar-refractivity contribution >= 4 is 25.7 Å². The number of carboxylic acid groups (broad SMARTS) is 1. The monoisotopic (exact) mass is 864 g/mol. The lowest BCUT2D eigenvalue weighted by molar-refractivity contribution is -0.161. The third-order valence-corrected chi connectivity index (χ3v) is 10.4. The molecule has 0 spiro atoms. The molecular formula is C48H82NO10P. The van der Waals surface area contributed by atoms with Gasteiger partial charge in [-0.25, -0.2) is 4.57 Å². The summed E-state index contributed by atoms with van der Waals surface area (Å²) in [5, 5.41) is 8.90. The summed E-state index contributed by atoms with van der Waals surface area (Å²) in [6.07, 6.45) is 51.1. The summed E-state index contributed by atoms with van der Waals surface area (Å²) in [6, 6.07) is -1.53. The fourth-order valence-electron chi connectivity index (χ4n) is 5.79. The normalized spacial score (nSPS) is 14.3. The molecule has 0 saturated heterocycles. The predicted octanol–water partition coefficient (Wildman–Crippen LogP) is 12.5. The van der Waals surface area contributed by atoms with E-state index >= 15 is 0 Å². The number of unbranched alkanes of at least 4 members (excludes halogenated alkanes) is 16. The SMILES string of the molecule is CCCCC/C=C/C/C=C/C/C=C/C/C=C/CCCC(=O)O[C@H](COC(=O)CCCCCCCCCCC/C=C/C/C=C/CCCCC)COP(=O)(O)OC[C@H](N)C(=O)O. The van der Waals surface area contributed by atoms with Crippen LogP contribution in [0.15, 0.2) is 72.9 Å². The summed E-state index contributed by atoms with van der Waals surface area (Å²) in [5.74, 6) is -2.46. The summed E-state index contributed by atoms with van der Waals surface area (Å²) in [6.45, 7) is 2.69. The van der Waals surface area contributed by atoms with Crippen LogP contribution >= 0.6 is 7.82 Å². The molecule has 12 heteroatoms. The van der Waals surface area contributed by atoms with E-state index in [4.69, 9.17) is 24.8 Å². The molecule has 0 amide bonds. The molecule has 0 aromatic carbocycles. The van der Waals surface area contributed by atoms with Gasteiger partial charge in [0.05, 0.1) is 13.2 Å². The van der Waals surface area contributed by atoms with Crippen molar-refractivity contribution in [1.82, 2.24) is 0 Å². The lowest BCUT2D eigenvalue weighted by atomic mass is 10.1. The topological polar surface area (TPSA) is 172 Å². The number of carboxylic acids is 1. The summed E-state index contributed by atoms with van der Waals surface area (Å²) in [7, 11) is -4.74. The van der Waals surface area contributed by atoms with Gasteiger partial charge in [-0.15, -0.1) is 0 Å². The van der Waals surface area contributed by atoms with Crippen LogP contribution in [0.2, 0.25) is 0 Å². The molecule has 11 nitrogen and oxygen atoms in total. The first kappa shape index (κ1) is 56.9. The molecular weight excluding hydrogens is 781 g/mol. The lowest BCUT2D eigenvalue weighted by Crippen LogP contribution is -2.34. The quantitative estimate of drug-likeness (QED) is 0.0231. The number of hydrogen-bond donors (Lipinski definition) is 3. The Kier molecular flexibility index (Phi) is 40.4. The third-order valence-electron chi connectivity index (χ3n) is 9.43. The molecule has 3 atom stereocenters. The summed E-state index contributed by atoms with van der Waals surface area (Å²) in [4.78, 5) is 46.0. The number of hydrogen-bond acceptors (Lipinski definition) is 9. The van der Waals surface area contributed by atoms with Crippen LogP contribution in [-0.2, 0) is 37.5 Å². The third kappa shape index (κ3) is 41.6. The highest BCUT2D eigenvalue weighted by Crippen LogP contribution is 2.43. The Morgan fingerprint density at radius 3 is 1.37 bits per heavy atom.